The summed E-state index contributed by atoms with van der Waals surface area (Å²) in [5.74, 6) is -0.907. The summed E-state index contributed by atoms with van der Waals surface area (Å²) in [5, 5.41) is 32.6. The number of rotatable bonds is 7. The van der Waals surface area contributed by atoms with Crippen molar-refractivity contribution >= 4 is 34.0 Å². The van der Waals surface area contributed by atoms with Crippen molar-refractivity contribution < 1.29 is 24.4 Å². The molecule has 5 rings (SSSR count). The van der Waals surface area contributed by atoms with Crippen LogP contribution in [-0.4, -0.2) is 37.3 Å². The number of nitrogens with zero attached hydrogens (tertiary/aromatic N) is 4. The number of nitro benzene ring substituents is 1. The van der Waals surface area contributed by atoms with E-state index in [0.717, 1.165) is 11.3 Å². The van der Waals surface area contributed by atoms with Gasteiger partial charge in [-0.05, 0) is 38.1 Å². The highest BCUT2D eigenvalue weighted by Gasteiger charge is 2.21. The first-order valence-electron chi connectivity index (χ1n) is 12.7. The number of phenols is 1. The van der Waals surface area contributed by atoms with Crippen LogP contribution in [0.5, 0.6) is 17.2 Å². The second-order valence-corrected chi connectivity index (χ2v) is 9.38. The fourth-order valence-electron chi connectivity index (χ4n) is 4.16. The molecule has 0 spiro atoms. The van der Waals surface area contributed by atoms with Crippen molar-refractivity contribution in [3.05, 3.63) is 111 Å². The van der Waals surface area contributed by atoms with Crippen LogP contribution < -0.4 is 15.4 Å². The lowest BCUT2D eigenvalue weighted by Crippen LogP contribution is -2.28. The zero-order valence-electron chi connectivity index (χ0n) is 23.1. The summed E-state index contributed by atoms with van der Waals surface area (Å²) in [6, 6.07) is 19.5. The van der Waals surface area contributed by atoms with Crippen LogP contribution in [0, 0.1) is 24.0 Å². The minimum Gasteiger partial charge on any atom is -0.506 e. The van der Waals surface area contributed by atoms with Gasteiger partial charge in [0.2, 0.25) is 5.91 Å². The Morgan fingerprint density at radius 3 is 2.26 bits per heavy atom. The van der Waals surface area contributed by atoms with E-state index in [9.17, 15) is 24.8 Å². The maximum absolute atomic E-state index is 12.5. The van der Waals surface area contributed by atoms with Crippen LogP contribution in [0.15, 0.2) is 79.0 Å². The van der Waals surface area contributed by atoms with Crippen LogP contribution in [0.1, 0.15) is 34.1 Å². The van der Waals surface area contributed by atoms with Gasteiger partial charge in [0.1, 0.15) is 17.2 Å². The average Bonchev–Trinajstić information content (AvgIpc) is 3.45. The zero-order chi connectivity index (χ0) is 30.4. The van der Waals surface area contributed by atoms with Gasteiger partial charge in [-0.2, -0.15) is 15.4 Å². The quantitative estimate of drug-likeness (QED) is 0.174. The van der Waals surface area contributed by atoms with Crippen LogP contribution in [0.25, 0.3) is 10.8 Å². The molecule has 2 amide bonds. The number of carbonyl (C=O) groups is 2. The van der Waals surface area contributed by atoms with Gasteiger partial charge in [0, 0.05) is 41.1 Å². The van der Waals surface area contributed by atoms with E-state index in [1.165, 1.54) is 36.1 Å². The molecular weight excluding hydrogens is 540 g/mol. The van der Waals surface area contributed by atoms with Crippen LogP contribution in [0.2, 0.25) is 0 Å². The number of fused-ring (bicyclic) bond motifs is 1. The molecule has 0 saturated carbocycles. The molecule has 214 valence electrons. The van der Waals surface area contributed by atoms with E-state index in [4.69, 9.17) is 10.5 Å². The standard InChI is InChI=1S/C27H23N3O6.C3H5N3/c1-16-7-9-19(10-8-16)29(17(2)31)15-18-13-20(30(34)35)11-12-24(18)36-25-14-23(27(28)33)26(32)22-6-4-3-5-21(22)25;1-3-2-4-6-5-3/h3-14,32H,15H2,1-2H3,(H2,28,33);2H,1H3,(H,4,5,6). The first kappa shape index (κ1) is 29.2. The lowest BCUT2D eigenvalue weighted by molar-refractivity contribution is -0.384. The number of nitrogens with two attached hydrogens (primary N) is 1. The number of hydrogen-bond acceptors (Lipinski definition) is 8. The number of aromatic hydroxyl groups is 1. The number of amides is 2. The Morgan fingerprint density at radius 2 is 1.71 bits per heavy atom. The molecule has 1 aromatic heterocycles. The maximum atomic E-state index is 12.5. The summed E-state index contributed by atoms with van der Waals surface area (Å²) in [4.78, 5) is 36.9. The molecule has 0 atom stereocenters. The SMILES string of the molecule is CC(=O)N(Cc1cc([N+](=O)[O-])ccc1Oc1cc(C(N)=O)c(O)c2ccccc12)c1ccc(C)cc1.Cc1cn[nH]n1. The van der Waals surface area contributed by atoms with Gasteiger partial charge in [-0.15, -0.1) is 0 Å². The smallest absolute Gasteiger partial charge is 0.270 e. The first-order chi connectivity index (χ1) is 20.0. The Bertz CT molecular complexity index is 1750. The molecule has 4 aromatic carbocycles. The number of nitrogens with one attached hydrogen (secondary N) is 1. The van der Waals surface area contributed by atoms with Crippen molar-refractivity contribution in [2.24, 2.45) is 5.73 Å². The van der Waals surface area contributed by atoms with Crippen molar-refractivity contribution in [2.75, 3.05) is 4.90 Å². The van der Waals surface area contributed by atoms with E-state index in [1.54, 1.807) is 42.6 Å². The molecule has 42 heavy (non-hydrogen) atoms. The van der Waals surface area contributed by atoms with Gasteiger partial charge in [0.25, 0.3) is 11.6 Å². The summed E-state index contributed by atoms with van der Waals surface area (Å²) in [7, 11) is 0. The topological polar surface area (TPSA) is 178 Å². The number of hydrogen-bond donors (Lipinski definition) is 3. The summed E-state index contributed by atoms with van der Waals surface area (Å²) in [6.07, 6.45) is 1.67. The molecule has 0 bridgehead atoms. The van der Waals surface area contributed by atoms with Gasteiger partial charge in [-0.25, -0.2) is 0 Å². The Kier molecular flexibility index (Phi) is 8.76. The molecule has 12 heteroatoms. The van der Waals surface area contributed by atoms with Crippen molar-refractivity contribution in [1.29, 1.82) is 0 Å². The minimum absolute atomic E-state index is 0.00585. The molecular formula is C30H28N6O6. The lowest BCUT2D eigenvalue weighted by Gasteiger charge is -2.23. The van der Waals surface area contributed by atoms with Gasteiger partial charge in [0.15, 0.2) is 0 Å². The second-order valence-electron chi connectivity index (χ2n) is 9.38. The first-order valence-corrected chi connectivity index (χ1v) is 12.7. The average molecular weight is 569 g/mol. The van der Waals surface area contributed by atoms with Gasteiger partial charge in [-0.1, -0.05) is 42.0 Å². The summed E-state index contributed by atoms with van der Waals surface area (Å²) in [6.45, 7) is 5.21. The van der Waals surface area contributed by atoms with Crippen LogP contribution in [-0.2, 0) is 11.3 Å². The molecule has 0 saturated heterocycles. The zero-order valence-corrected chi connectivity index (χ0v) is 23.1. The number of ether oxygens (including phenoxy) is 1. The molecule has 5 aromatic rings. The highest BCUT2D eigenvalue weighted by Crippen LogP contribution is 2.39. The predicted molar refractivity (Wildman–Crippen MR) is 156 cm³/mol. The number of aryl methyl sites for hydroxylation is 2. The van der Waals surface area contributed by atoms with Crippen LogP contribution in [0.4, 0.5) is 11.4 Å². The lowest BCUT2D eigenvalue weighted by atomic mass is 10.0. The minimum atomic E-state index is -0.839. The van der Waals surface area contributed by atoms with Gasteiger partial charge in [-0.3, -0.25) is 19.7 Å². The molecule has 0 aliphatic carbocycles. The summed E-state index contributed by atoms with van der Waals surface area (Å²) in [5.41, 5.74) is 8.10. The monoisotopic (exact) mass is 568 g/mol. The Labute approximate surface area is 240 Å². The third-order valence-electron chi connectivity index (χ3n) is 6.31. The van der Waals surface area contributed by atoms with Crippen molar-refractivity contribution in [3.8, 4) is 17.2 Å². The third kappa shape index (κ3) is 6.67. The van der Waals surface area contributed by atoms with E-state index in [-0.39, 0.29) is 41.0 Å². The van der Waals surface area contributed by atoms with E-state index in [0.29, 0.717) is 22.0 Å². The normalized spacial score (nSPS) is 10.5. The highest BCUT2D eigenvalue weighted by atomic mass is 16.6. The number of benzene rings is 4. The molecule has 0 unspecified atom stereocenters. The number of aromatic nitrogens is 3. The van der Waals surface area contributed by atoms with Crippen LogP contribution >= 0.6 is 0 Å². The fraction of sp³-hybridized carbons (Fsp3) is 0.133. The molecule has 0 aliphatic rings. The number of primary amides is 1. The molecule has 4 N–H and O–H groups in total. The second kappa shape index (κ2) is 12.6. The Balaban J connectivity index is 0.000000600. The van der Waals surface area contributed by atoms with E-state index < -0.39 is 10.8 Å². The largest absolute Gasteiger partial charge is 0.506 e. The fourth-order valence-corrected chi connectivity index (χ4v) is 4.16. The Morgan fingerprint density at radius 1 is 1.02 bits per heavy atom. The number of non-ortho nitro benzene ring substituents is 1. The van der Waals surface area contributed by atoms with E-state index >= 15 is 0 Å². The third-order valence-corrected chi connectivity index (χ3v) is 6.31. The number of nitro groups is 1. The summed E-state index contributed by atoms with van der Waals surface area (Å²) >= 11 is 0. The highest BCUT2D eigenvalue weighted by molar-refractivity contribution is 6.05. The molecule has 0 radical (unpaired) electrons. The predicted octanol–water partition coefficient (Wildman–Crippen LogP) is 5.32. The molecule has 0 fully saturated rings. The number of aromatic amines is 1. The number of carbonyl (C=O) groups excluding carboxylic acids is 2. The summed E-state index contributed by atoms with van der Waals surface area (Å²) < 4.78 is 6.16. The van der Waals surface area contributed by atoms with E-state index in [1.807, 2.05) is 26.0 Å². The van der Waals surface area contributed by atoms with E-state index in [2.05, 4.69) is 15.4 Å². The van der Waals surface area contributed by atoms with Crippen molar-refractivity contribution in [3.63, 3.8) is 0 Å². The van der Waals surface area contributed by atoms with Gasteiger partial charge >= 0.3 is 0 Å². The van der Waals surface area contributed by atoms with Gasteiger partial charge in [0.05, 0.1) is 28.9 Å². The molecule has 1 heterocycles. The van der Waals surface area contributed by atoms with Gasteiger partial charge < -0.3 is 20.5 Å². The number of H-pyrrole nitrogens is 1. The Hall–Kier alpha value is -5.78. The van der Waals surface area contributed by atoms with Crippen molar-refractivity contribution in [1.82, 2.24) is 15.4 Å². The maximum Gasteiger partial charge on any atom is 0.270 e. The van der Waals surface area contributed by atoms with Crippen LogP contribution in [0.3, 0.4) is 0 Å². The number of anilines is 1. The molecule has 12 nitrogen and oxygen atoms in total. The van der Waals surface area contributed by atoms with Crippen molar-refractivity contribution in [2.45, 2.75) is 27.3 Å². The molecule has 0 aliphatic heterocycles.